The summed E-state index contributed by atoms with van der Waals surface area (Å²) in [7, 11) is 0. The number of aliphatic carboxylic acids is 1. The van der Waals surface area contributed by atoms with Crippen molar-refractivity contribution < 1.29 is 14.7 Å². The summed E-state index contributed by atoms with van der Waals surface area (Å²) in [6.45, 7) is 1.68. The number of anilines is 1. The van der Waals surface area contributed by atoms with Crippen LogP contribution in [0.1, 0.15) is 22.8 Å². The van der Waals surface area contributed by atoms with Crippen molar-refractivity contribution in [3.05, 3.63) is 65.7 Å². The molecule has 21 heavy (non-hydrogen) atoms. The van der Waals surface area contributed by atoms with Crippen molar-refractivity contribution in [3.8, 4) is 0 Å². The largest absolute Gasteiger partial charge is 0.480 e. The molecule has 2 aromatic carbocycles. The molecule has 0 fully saturated rings. The summed E-state index contributed by atoms with van der Waals surface area (Å²) < 4.78 is 0. The minimum atomic E-state index is -1.04. The van der Waals surface area contributed by atoms with Gasteiger partial charge in [-0.25, -0.2) is 0 Å². The average Bonchev–Trinajstić information content (AvgIpc) is 2.53. The van der Waals surface area contributed by atoms with Crippen LogP contribution in [-0.2, 0) is 11.2 Å². The molecular weight excluding hydrogens is 266 g/mol. The van der Waals surface area contributed by atoms with E-state index in [1.165, 1.54) is 4.90 Å². The van der Waals surface area contributed by atoms with Crippen LogP contribution in [0, 0.1) is 0 Å². The first-order valence-electron chi connectivity index (χ1n) is 6.79. The number of benzene rings is 2. The number of carboxylic acid groups (broad SMARTS) is 1. The van der Waals surface area contributed by atoms with Gasteiger partial charge < -0.3 is 5.11 Å². The number of rotatable bonds is 5. The summed E-state index contributed by atoms with van der Waals surface area (Å²) in [4.78, 5) is 24.8. The number of amides is 1. The minimum absolute atomic E-state index is 0.314. The van der Waals surface area contributed by atoms with Crippen molar-refractivity contribution >= 4 is 17.6 Å². The molecule has 0 spiro atoms. The lowest BCUT2D eigenvalue weighted by Gasteiger charge is -2.21. The van der Waals surface area contributed by atoms with Crippen LogP contribution in [0.4, 0.5) is 5.69 Å². The number of nitrogens with zero attached hydrogens (tertiary/aromatic N) is 1. The Morgan fingerprint density at radius 3 is 2.14 bits per heavy atom. The molecule has 108 valence electrons. The lowest BCUT2D eigenvalue weighted by atomic mass is 10.1. The highest BCUT2D eigenvalue weighted by atomic mass is 16.4. The van der Waals surface area contributed by atoms with Crippen molar-refractivity contribution in [3.63, 3.8) is 0 Å². The zero-order chi connectivity index (χ0) is 15.2. The van der Waals surface area contributed by atoms with Gasteiger partial charge in [-0.3, -0.25) is 14.5 Å². The molecule has 0 aromatic heterocycles. The van der Waals surface area contributed by atoms with E-state index in [1.807, 2.05) is 25.1 Å². The Kier molecular flexibility index (Phi) is 4.72. The van der Waals surface area contributed by atoms with Crippen molar-refractivity contribution in [1.29, 1.82) is 0 Å². The molecule has 4 heteroatoms. The number of hydrogen-bond acceptors (Lipinski definition) is 2. The SMILES string of the molecule is CCc1ccc(C(=O)N(CC(=O)O)c2ccccc2)cc1. The summed E-state index contributed by atoms with van der Waals surface area (Å²) >= 11 is 0. The quantitative estimate of drug-likeness (QED) is 0.917. The van der Waals surface area contributed by atoms with Crippen molar-refractivity contribution in [1.82, 2.24) is 0 Å². The number of hydrogen-bond donors (Lipinski definition) is 1. The molecule has 4 nitrogen and oxygen atoms in total. The number of carboxylic acids is 1. The van der Waals surface area contributed by atoms with Crippen LogP contribution in [0.2, 0.25) is 0 Å². The maximum absolute atomic E-state index is 12.5. The minimum Gasteiger partial charge on any atom is -0.480 e. The Balaban J connectivity index is 2.31. The van der Waals surface area contributed by atoms with Gasteiger partial charge in [0.1, 0.15) is 6.54 Å². The lowest BCUT2D eigenvalue weighted by molar-refractivity contribution is -0.135. The average molecular weight is 283 g/mol. The summed E-state index contributed by atoms with van der Waals surface area (Å²) in [6, 6.07) is 16.1. The third-order valence-electron chi connectivity index (χ3n) is 3.22. The van der Waals surface area contributed by atoms with Gasteiger partial charge in [0.15, 0.2) is 0 Å². The number of aryl methyl sites for hydroxylation is 1. The highest BCUT2D eigenvalue weighted by Gasteiger charge is 2.20. The van der Waals surface area contributed by atoms with Gasteiger partial charge in [0.25, 0.3) is 5.91 Å². The van der Waals surface area contributed by atoms with Gasteiger partial charge >= 0.3 is 5.97 Å². The first-order chi connectivity index (χ1) is 10.1. The summed E-state index contributed by atoms with van der Waals surface area (Å²) in [5, 5.41) is 9.03. The topological polar surface area (TPSA) is 57.6 Å². The fourth-order valence-corrected chi connectivity index (χ4v) is 2.06. The van der Waals surface area contributed by atoms with E-state index in [1.54, 1.807) is 36.4 Å². The zero-order valence-corrected chi connectivity index (χ0v) is 11.8. The molecule has 0 radical (unpaired) electrons. The first-order valence-corrected chi connectivity index (χ1v) is 6.79. The second kappa shape index (κ2) is 6.70. The zero-order valence-electron chi connectivity index (χ0n) is 11.8. The van der Waals surface area contributed by atoms with Crippen molar-refractivity contribution in [2.75, 3.05) is 11.4 Å². The van der Waals surface area contributed by atoms with E-state index in [4.69, 9.17) is 5.11 Å². The van der Waals surface area contributed by atoms with Crippen LogP contribution in [0.5, 0.6) is 0 Å². The number of para-hydroxylation sites is 1. The number of carbonyl (C=O) groups excluding carboxylic acids is 1. The maximum atomic E-state index is 12.5. The first kappa shape index (κ1) is 14.8. The fourth-order valence-electron chi connectivity index (χ4n) is 2.06. The van der Waals surface area contributed by atoms with Gasteiger partial charge in [-0.2, -0.15) is 0 Å². The van der Waals surface area contributed by atoms with E-state index in [0.717, 1.165) is 12.0 Å². The molecule has 0 aliphatic heterocycles. The van der Waals surface area contributed by atoms with Gasteiger partial charge in [0, 0.05) is 11.3 Å². The smallest absolute Gasteiger partial charge is 0.323 e. The van der Waals surface area contributed by atoms with Crippen LogP contribution in [0.25, 0.3) is 0 Å². The molecule has 1 amide bonds. The van der Waals surface area contributed by atoms with Gasteiger partial charge in [0.2, 0.25) is 0 Å². The highest BCUT2D eigenvalue weighted by molar-refractivity contribution is 6.08. The van der Waals surface area contributed by atoms with Crippen LogP contribution in [0.15, 0.2) is 54.6 Å². The Labute approximate surface area is 123 Å². The van der Waals surface area contributed by atoms with E-state index in [9.17, 15) is 9.59 Å². The number of carbonyl (C=O) groups is 2. The normalized spacial score (nSPS) is 10.1. The van der Waals surface area contributed by atoms with Crippen LogP contribution in [0.3, 0.4) is 0 Å². The lowest BCUT2D eigenvalue weighted by Crippen LogP contribution is -2.35. The molecule has 0 aliphatic carbocycles. The van der Waals surface area contributed by atoms with E-state index in [-0.39, 0.29) is 12.5 Å². The molecule has 1 N–H and O–H groups in total. The maximum Gasteiger partial charge on any atom is 0.323 e. The molecular formula is C17H17NO3. The second-order valence-corrected chi connectivity index (χ2v) is 4.67. The molecule has 0 saturated carbocycles. The van der Waals surface area contributed by atoms with Crippen LogP contribution in [-0.4, -0.2) is 23.5 Å². The van der Waals surface area contributed by atoms with Gasteiger partial charge in [-0.15, -0.1) is 0 Å². The fraction of sp³-hybridized carbons (Fsp3) is 0.176. The van der Waals surface area contributed by atoms with Crippen LogP contribution < -0.4 is 4.90 Å². The molecule has 0 bridgehead atoms. The van der Waals surface area contributed by atoms with E-state index >= 15 is 0 Å². The van der Waals surface area contributed by atoms with E-state index in [0.29, 0.717) is 11.3 Å². The summed E-state index contributed by atoms with van der Waals surface area (Å²) in [5.41, 5.74) is 2.19. The Hall–Kier alpha value is -2.62. The summed E-state index contributed by atoms with van der Waals surface area (Å²) in [6.07, 6.45) is 0.895. The predicted molar refractivity (Wildman–Crippen MR) is 81.6 cm³/mol. The second-order valence-electron chi connectivity index (χ2n) is 4.67. The molecule has 0 saturated heterocycles. The summed E-state index contributed by atoms with van der Waals surface area (Å²) in [5.74, 6) is -1.36. The molecule has 0 unspecified atom stereocenters. The molecule has 0 heterocycles. The third kappa shape index (κ3) is 3.69. The van der Waals surface area contributed by atoms with Crippen LogP contribution >= 0.6 is 0 Å². The van der Waals surface area contributed by atoms with Crippen molar-refractivity contribution in [2.45, 2.75) is 13.3 Å². The van der Waals surface area contributed by atoms with E-state index < -0.39 is 5.97 Å². The molecule has 0 aliphatic rings. The van der Waals surface area contributed by atoms with Gasteiger partial charge in [-0.05, 0) is 36.2 Å². The van der Waals surface area contributed by atoms with Gasteiger partial charge in [-0.1, -0.05) is 37.3 Å². The highest BCUT2D eigenvalue weighted by Crippen LogP contribution is 2.17. The monoisotopic (exact) mass is 283 g/mol. The van der Waals surface area contributed by atoms with Gasteiger partial charge in [0.05, 0.1) is 0 Å². The molecule has 0 atom stereocenters. The Bertz CT molecular complexity index is 620. The predicted octanol–water partition coefficient (Wildman–Crippen LogP) is 2.98. The Morgan fingerprint density at radius 1 is 1.00 bits per heavy atom. The van der Waals surface area contributed by atoms with Crippen molar-refractivity contribution in [2.24, 2.45) is 0 Å². The van der Waals surface area contributed by atoms with E-state index in [2.05, 4.69) is 0 Å². The third-order valence-corrected chi connectivity index (χ3v) is 3.22. The molecule has 2 aromatic rings. The molecule has 2 rings (SSSR count). The standard InChI is InChI=1S/C17H17NO3/c1-2-13-8-10-14(11-9-13)17(21)18(12-16(19)20)15-6-4-3-5-7-15/h3-11H,2,12H2,1H3,(H,19,20). The Morgan fingerprint density at radius 2 is 1.62 bits per heavy atom.